The van der Waals surface area contributed by atoms with Gasteiger partial charge in [-0.1, -0.05) is 13.8 Å². The van der Waals surface area contributed by atoms with E-state index in [9.17, 15) is 19.2 Å². The fourth-order valence-corrected chi connectivity index (χ4v) is 1.49. The fraction of sp³-hybridized carbons (Fsp3) is 0.667. The Bertz CT molecular complexity index is 406. The maximum absolute atomic E-state index is 11.5. The summed E-state index contributed by atoms with van der Waals surface area (Å²) in [6.07, 6.45) is -3.59. The smallest absolute Gasteiger partial charge is 0.408 e. The molecular formula is C12H19NO8. The number of hydrogen-bond donors (Lipinski definition) is 4. The number of hydrogen-bond acceptors (Lipinski definition) is 5. The zero-order chi connectivity index (χ0) is 16.6. The molecule has 0 aliphatic rings. The van der Waals surface area contributed by atoms with Gasteiger partial charge in [-0.3, -0.25) is 4.79 Å². The fourth-order valence-electron chi connectivity index (χ4n) is 1.49. The van der Waals surface area contributed by atoms with Gasteiger partial charge in [0.25, 0.3) is 0 Å². The third-order valence-electron chi connectivity index (χ3n) is 2.44. The first-order valence-electron chi connectivity index (χ1n) is 6.28. The lowest BCUT2D eigenvalue weighted by molar-refractivity contribution is -0.148. The Morgan fingerprint density at radius 2 is 1.62 bits per heavy atom. The Morgan fingerprint density at radius 3 is 2.00 bits per heavy atom. The van der Waals surface area contributed by atoms with E-state index in [0.717, 1.165) is 0 Å². The van der Waals surface area contributed by atoms with Crippen LogP contribution in [0.15, 0.2) is 0 Å². The van der Waals surface area contributed by atoms with Crippen LogP contribution >= 0.6 is 0 Å². The van der Waals surface area contributed by atoms with E-state index in [0.29, 0.717) is 0 Å². The molecule has 0 rings (SSSR count). The van der Waals surface area contributed by atoms with Crippen molar-refractivity contribution in [3.63, 3.8) is 0 Å². The second-order valence-electron chi connectivity index (χ2n) is 4.83. The lowest BCUT2D eigenvalue weighted by atomic mass is 10.0. The summed E-state index contributed by atoms with van der Waals surface area (Å²) in [4.78, 5) is 43.6. The van der Waals surface area contributed by atoms with Gasteiger partial charge in [-0.2, -0.15) is 0 Å². The quantitative estimate of drug-likeness (QED) is 0.481. The van der Waals surface area contributed by atoms with E-state index < -0.39 is 49.0 Å². The maximum atomic E-state index is 11.5. The molecule has 9 heteroatoms. The third-order valence-corrected chi connectivity index (χ3v) is 2.44. The average Bonchev–Trinajstić information content (AvgIpc) is 2.32. The Morgan fingerprint density at radius 1 is 1.05 bits per heavy atom. The van der Waals surface area contributed by atoms with Crippen molar-refractivity contribution >= 4 is 24.0 Å². The molecule has 0 bridgehead atoms. The number of carbonyl (C=O) groups excluding carboxylic acids is 1. The van der Waals surface area contributed by atoms with E-state index >= 15 is 0 Å². The highest BCUT2D eigenvalue weighted by Crippen LogP contribution is 2.07. The molecule has 4 N–H and O–H groups in total. The summed E-state index contributed by atoms with van der Waals surface area (Å²) in [6.45, 7) is 3.52. The van der Waals surface area contributed by atoms with Crippen LogP contribution in [0.25, 0.3) is 0 Å². The molecule has 0 aromatic rings. The zero-order valence-corrected chi connectivity index (χ0v) is 11.7. The van der Waals surface area contributed by atoms with Gasteiger partial charge in [0.2, 0.25) is 6.10 Å². The van der Waals surface area contributed by atoms with E-state index in [1.54, 1.807) is 13.8 Å². The molecule has 9 nitrogen and oxygen atoms in total. The first-order chi connectivity index (χ1) is 9.63. The van der Waals surface area contributed by atoms with Gasteiger partial charge in [-0.25, -0.2) is 14.4 Å². The number of carbonyl (C=O) groups is 4. The highest BCUT2D eigenvalue weighted by Gasteiger charge is 2.27. The maximum Gasteiger partial charge on any atom is 0.408 e. The zero-order valence-electron chi connectivity index (χ0n) is 11.7. The second kappa shape index (κ2) is 8.77. The lowest BCUT2D eigenvalue weighted by Crippen LogP contribution is -2.44. The van der Waals surface area contributed by atoms with Gasteiger partial charge in [0.05, 0.1) is 0 Å². The molecule has 0 saturated carbocycles. The molecule has 0 aromatic carbocycles. The van der Waals surface area contributed by atoms with Crippen LogP contribution < -0.4 is 5.32 Å². The van der Waals surface area contributed by atoms with Crippen LogP contribution in [-0.2, 0) is 19.1 Å². The highest BCUT2D eigenvalue weighted by molar-refractivity contribution is 5.82. The van der Waals surface area contributed by atoms with Crippen molar-refractivity contribution in [3.05, 3.63) is 0 Å². The summed E-state index contributed by atoms with van der Waals surface area (Å²) in [5, 5.41) is 28.3. The van der Waals surface area contributed by atoms with Crippen molar-refractivity contribution < 1.29 is 39.2 Å². The predicted molar refractivity (Wildman–Crippen MR) is 68.8 cm³/mol. The number of alkyl carbamates (subject to hydrolysis) is 1. The van der Waals surface area contributed by atoms with Gasteiger partial charge < -0.3 is 25.4 Å². The summed E-state index contributed by atoms with van der Waals surface area (Å²) in [6, 6.07) is -1.20. The summed E-state index contributed by atoms with van der Waals surface area (Å²) in [5.74, 6) is -4.00. The summed E-state index contributed by atoms with van der Waals surface area (Å²) in [7, 11) is 0. The monoisotopic (exact) mass is 305 g/mol. The number of aliphatic carboxylic acids is 3. The molecule has 0 aliphatic heterocycles. The van der Waals surface area contributed by atoms with Crippen LogP contribution in [0.3, 0.4) is 0 Å². The van der Waals surface area contributed by atoms with Crippen LogP contribution in [-0.4, -0.2) is 51.5 Å². The molecule has 2 unspecified atom stereocenters. The van der Waals surface area contributed by atoms with Gasteiger partial charge in [0, 0.05) is 12.8 Å². The number of nitrogens with one attached hydrogen (secondary N) is 1. The third kappa shape index (κ3) is 8.45. The van der Waals surface area contributed by atoms with Crippen LogP contribution in [0.5, 0.6) is 0 Å². The lowest BCUT2D eigenvalue weighted by Gasteiger charge is -2.18. The summed E-state index contributed by atoms with van der Waals surface area (Å²) in [5.41, 5.74) is 0. The first-order valence-corrected chi connectivity index (χ1v) is 6.28. The number of rotatable bonds is 9. The van der Waals surface area contributed by atoms with E-state index in [1.165, 1.54) is 0 Å². The molecule has 0 aromatic heterocycles. The Hall–Kier alpha value is -2.32. The van der Waals surface area contributed by atoms with Crippen molar-refractivity contribution in [2.45, 2.75) is 45.3 Å². The molecule has 0 radical (unpaired) electrons. The number of carboxylic acid groups (broad SMARTS) is 3. The molecule has 0 spiro atoms. The van der Waals surface area contributed by atoms with Gasteiger partial charge in [-0.15, -0.1) is 0 Å². The van der Waals surface area contributed by atoms with Gasteiger partial charge in [-0.05, 0) is 12.3 Å². The van der Waals surface area contributed by atoms with Gasteiger partial charge in [0.15, 0.2) is 0 Å². The van der Waals surface area contributed by atoms with Crippen LogP contribution in [0.4, 0.5) is 4.79 Å². The van der Waals surface area contributed by atoms with Crippen LogP contribution in [0.2, 0.25) is 0 Å². The van der Waals surface area contributed by atoms with E-state index in [4.69, 9.17) is 15.3 Å². The number of carboxylic acids is 3. The second-order valence-corrected chi connectivity index (χ2v) is 4.83. The van der Waals surface area contributed by atoms with Crippen molar-refractivity contribution in [2.24, 2.45) is 5.92 Å². The number of ether oxygens (including phenoxy) is 1. The predicted octanol–water partition coefficient (Wildman–Crippen LogP) is 0.530. The summed E-state index contributed by atoms with van der Waals surface area (Å²) < 4.78 is 4.55. The molecule has 120 valence electrons. The van der Waals surface area contributed by atoms with E-state index in [1.807, 2.05) is 5.32 Å². The molecule has 0 saturated heterocycles. The topological polar surface area (TPSA) is 150 Å². The van der Waals surface area contributed by atoms with Crippen molar-refractivity contribution in [1.82, 2.24) is 5.32 Å². The molecule has 2 atom stereocenters. The Kier molecular flexibility index (Phi) is 7.80. The van der Waals surface area contributed by atoms with Crippen molar-refractivity contribution in [3.8, 4) is 0 Å². The average molecular weight is 305 g/mol. The normalized spacial score (nSPS) is 13.3. The van der Waals surface area contributed by atoms with Crippen LogP contribution in [0, 0.1) is 5.92 Å². The van der Waals surface area contributed by atoms with E-state index in [2.05, 4.69) is 4.74 Å². The molecule has 1 amide bonds. The molecule has 21 heavy (non-hydrogen) atoms. The SMILES string of the molecule is CC(C)CC(NC(=O)OC(CCC(=O)O)C(=O)O)C(=O)O. The molecular weight excluding hydrogens is 286 g/mol. The minimum Gasteiger partial charge on any atom is -0.481 e. The minimum atomic E-state index is -1.64. The van der Waals surface area contributed by atoms with Crippen molar-refractivity contribution in [2.75, 3.05) is 0 Å². The summed E-state index contributed by atoms with van der Waals surface area (Å²) >= 11 is 0. The highest BCUT2D eigenvalue weighted by atomic mass is 16.6. The Balaban J connectivity index is 4.56. The molecule has 0 fully saturated rings. The largest absolute Gasteiger partial charge is 0.481 e. The number of amides is 1. The van der Waals surface area contributed by atoms with Crippen molar-refractivity contribution in [1.29, 1.82) is 0 Å². The first kappa shape index (κ1) is 18.7. The van der Waals surface area contributed by atoms with Crippen LogP contribution in [0.1, 0.15) is 33.1 Å². The van der Waals surface area contributed by atoms with Gasteiger partial charge in [0.1, 0.15) is 6.04 Å². The minimum absolute atomic E-state index is 0.00585. The van der Waals surface area contributed by atoms with E-state index in [-0.39, 0.29) is 12.3 Å². The Labute approximate surface area is 120 Å². The standard InChI is InChI=1S/C12H19NO8/c1-6(2)5-7(10(16)17)13-12(20)21-8(11(18)19)3-4-9(14)15/h6-8H,3-5H2,1-2H3,(H,13,20)(H,14,15)(H,16,17)(H,18,19). The molecule has 0 aliphatic carbocycles. The van der Waals surface area contributed by atoms with Gasteiger partial charge >= 0.3 is 24.0 Å². The molecule has 0 heterocycles.